The molecule has 0 radical (unpaired) electrons. The van der Waals surface area contributed by atoms with Crippen LogP contribution < -0.4 is 5.32 Å². The van der Waals surface area contributed by atoms with Gasteiger partial charge in [0, 0.05) is 19.4 Å². The van der Waals surface area contributed by atoms with Crippen molar-refractivity contribution in [2.45, 2.75) is 44.9 Å². The standard InChI is InChI=1S/C17H19Cl2N3O3/c1-10(23)22-8-13(7-16(22)17(24)20-12-3-4-12)21-25-9-11-2-5-14(18)15(19)6-11/h2,5-6,12,16H,3-4,7-9H2,1H3,(H,20,24)/b21-13+/t16-/m0/s1. The molecule has 0 spiro atoms. The van der Waals surface area contributed by atoms with Crippen molar-refractivity contribution in [2.75, 3.05) is 6.54 Å². The third-order valence-corrected chi connectivity index (χ3v) is 4.94. The van der Waals surface area contributed by atoms with E-state index < -0.39 is 6.04 Å². The van der Waals surface area contributed by atoms with E-state index in [1.807, 2.05) is 0 Å². The number of oxime groups is 1. The van der Waals surface area contributed by atoms with Gasteiger partial charge < -0.3 is 15.1 Å². The van der Waals surface area contributed by atoms with E-state index in [4.69, 9.17) is 28.0 Å². The summed E-state index contributed by atoms with van der Waals surface area (Å²) in [7, 11) is 0. The van der Waals surface area contributed by atoms with Crippen molar-refractivity contribution < 1.29 is 14.4 Å². The van der Waals surface area contributed by atoms with Crippen molar-refractivity contribution in [1.29, 1.82) is 0 Å². The quantitative estimate of drug-likeness (QED) is 0.794. The minimum atomic E-state index is -0.509. The van der Waals surface area contributed by atoms with E-state index in [1.165, 1.54) is 11.8 Å². The second kappa shape index (κ2) is 7.62. The number of halogens is 2. The fraction of sp³-hybridized carbons (Fsp3) is 0.471. The summed E-state index contributed by atoms with van der Waals surface area (Å²) in [5.74, 6) is -0.266. The second-order valence-electron chi connectivity index (χ2n) is 6.33. The molecule has 1 N–H and O–H groups in total. The van der Waals surface area contributed by atoms with Crippen molar-refractivity contribution in [3.05, 3.63) is 33.8 Å². The van der Waals surface area contributed by atoms with Crippen molar-refractivity contribution in [3.8, 4) is 0 Å². The van der Waals surface area contributed by atoms with Crippen LogP contribution >= 0.6 is 23.2 Å². The molecule has 0 aromatic heterocycles. The number of hydrogen-bond acceptors (Lipinski definition) is 4. The Morgan fingerprint density at radius 2 is 2.08 bits per heavy atom. The SMILES string of the molecule is CC(=O)N1C/C(=N/OCc2ccc(Cl)c(Cl)c2)C[C@H]1C(=O)NC1CC1. The highest BCUT2D eigenvalue weighted by atomic mass is 35.5. The van der Waals surface area contributed by atoms with Gasteiger partial charge in [0.15, 0.2) is 0 Å². The minimum absolute atomic E-state index is 0.118. The van der Waals surface area contributed by atoms with Crippen molar-refractivity contribution in [3.63, 3.8) is 0 Å². The van der Waals surface area contributed by atoms with Gasteiger partial charge in [-0.25, -0.2) is 0 Å². The van der Waals surface area contributed by atoms with Gasteiger partial charge in [0.1, 0.15) is 12.6 Å². The van der Waals surface area contributed by atoms with E-state index in [-0.39, 0.29) is 24.5 Å². The molecular weight excluding hydrogens is 365 g/mol. The fourth-order valence-corrected chi connectivity index (χ4v) is 3.01. The maximum atomic E-state index is 12.3. The molecule has 1 saturated carbocycles. The van der Waals surface area contributed by atoms with Crippen LogP contribution in [0.3, 0.4) is 0 Å². The molecule has 0 unspecified atom stereocenters. The maximum Gasteiger partial charge on any atom is 0.243 e. The second-order valence-corrected chi connectivity index (χ2v) is 7.14. The first-order valence-corrected chi connectivity index (χ1v) is 8.89. The zero-order valence-corrected chi connectivity index (χ0v) is 15.3. The smallest absolute Gasteiger partial charge is 0.243 e. The monoisotopic (exact) mass is 383 g/mol. The summed E-state index contributed by atoms with van der Waals surface area (Å²) in [6.45, 7) is 2.00. The Morgan fingerprint density at radius 3 is 2.72 bits per heavy atom. The Labute approximate surface area is 156 Å². The molecule has 1 aliphatic heterocycles. The van der Waals surface area contributed by atoms with Crippen LogP contribution in [-0.4, -0.2) is 41.1 Å². The molecule has 1 saturated heterocycles. The molecule has 0 bridgehead atoms. The number of nitrogens with one attached hydrogen (secondary N) is 1. The molecule has 1 atom stereocenters. The summed E-state index contributed by atoms with van der Waals surface area (Å²) in [5, 5.41) is 7.97. The maximum absolute atomic E-state index is 12.3. The van der Waals surface area contributed by atoms with E-state index >= 15 is 0 Å². The lowest BCUT2D eigenvalue weighted by molar-refractivity contribution is -0.136. The highest BCUT2D eigenvalue weighted by molar-refractivity contribution is 6.42. The summed E-state index contributed by atoms with van der Waals surface area (Å²) in [6.07, 6.45) is 2.40. The molecule has 25 heavy (non-hydrogen) atoms. The molecule has 2 amide bonds. The number of likely N-dealkylation sites (tertiary alicyclic amines) is 1. The van der Waals surface area contributed by atoms with Gasteiger partial charge in [-0.2, -0.15) is 0 Å². The molecule has 8 heteroatoms. The highest BCUT2D eigenvalue weighted by Crippen LogP contribution is 2.24. The lowest BCUT2D eigenvalue weighted by atomic mass is 10.2. The number of carbonyl (C=O) groups is 2. The van der Waals surface area contributed by atoms with Crippen LogP contribution in [0.1, 0.15) is 31.7 Å². The van der Waals surface area contributed by atoms with E-state index in [2.05, 4.69) is 10.5 Å². The van der Waals surface area contributed by atoms with Crippen LogP contribution in [0.15, 0.2) is 23.4 Å². The Bertz CT molecular complexity index is 719. The number of hydrogen-bond donors (Lipinski definition) is 1. The molecule has 2 fully saturated rings. The molecule has 1 aromatic rings. The molecule has 6 nitrogen and oxygen atoms in total. The first-order chi connectivity index (χ1) is 11.9. The first kappa shape index (κ1) is 18.0. The van der Waals surface area contributed by atoms with Gasteiger partial charge in [-0.1, -0.05) is 34.4 Å². The predicted molar refractivity (Wildman–Crippen MR) is 95.6 cm³/mol. The van der Waals surface area contributed by atoms with Crippen LogP contribution in [0.5, 0.6) is 0 Å². The molecule has 1 aromatic carbocycles. The van der Waals surface area contributed by atoms with E-state index in [9.17, 15) is 9.59 Å². The van der Waals surface area contributed by atoms with Gasteiger partial charge in [-0.15, -0.1) is 0 Å². The van der Waals surface area contributed by atoms with Crippen LogP contribution in [0.2, 0.25) is 10.0 Å². The molecule has 3 rings (SSSR count). The largest absolute Gasteiger partial charge is 0.391 e. The number of carbonyl (C=O) groups excluding carboxylic acids is 2. The van der Waals surface area contributed by atoms with Crippen molar-refractivity contribution in [2.24, 2.45) is 5.16 Å². The first-order valence-electron chi connectivity index (χ1n) is 8.13. The third-order valence-electron chi connectivity index (χ3n) is 4.20. The van der Waals surface area contributed by atoms with Crippen LogP contribution in [0, 0.1) is 0 Å². The minimum Gasteiger partial charge on any atom is -0.391 e. The number of benzene rings is 1. The fourth-order valence-electron chi connectivity index (χ4n) is 2.69. The highest BCUT2D eigenvalue weighted by Gasteiger charge is 2.38. The molecule has 134 valence electrons. The summed E-state index contributed by atoms with van der Waals surface area (Å²) in [6, 6.07) is 4.96. The number of nitrogens with zero attached hydrogens (tertiary/aromatic N) is 2. The third kappa shape index (κ3) is 4.64. The molecule has 1 aliphatic carbocycles. The molecule has 2 aliphatic rings. The average molecular weight is 384 g/mol. The lowest BCUT2D eigenvalue weighted by Gasteiger charge is -2.21. The van der Waals surface area contributed by atoms with Crippen LogP contribution in [-0.2, 0) is 21.0 Å². The zero-order valence-electron chi connectivity index (χ0n) is 13.8. The van der Waals surface area contributed by atoms with Crippen molar-refractivity contribution >= 4 is 40.7 Å². The topological polar surface area (TPSA) is 71.0 Å². The Morgan fingerprint density at radius 1 is 1.32 bits per heavy atom. The lowest BCUT2D eigenvalue weighted by Crippen LogP contribution is -2.45. The van der Waals surface area contributed by atoms with Gasteiger partial charge >= 0.3 is 0 Å². The van der Waals surface area contributed by atoms with Gasteiger partial charge in [0.25, 0.3) is 0 Å². The summed E-state index contributed by atoms with van der Waals surface area (Å²) in [5.41, 5.74) is 1.51. The van der Waals surface area contributed by atoms with Crippen LogP contribution in [0.4, 0.5) is 0 Å². The normalized spacial score (nSPS) is 21.5. The van der Waals surface area contributed by atoms with Gasteiger partial charge in [0.05, 0.1) is 22.3 Å². The summed E-state index contributed by atoms with van der Waals surface area (Å²) < 4.78 is 0. The number of rotatable bonds is 5. The van der Waals surface area contributed by atoms with Crippen molar-refractivity contribution in [1.82, 2.24) is 10.2 Å². The van der Waals surface area contributed by atoms with Gasteiger partial charge in [0.2, 0.25) is 11.8 Å². The zero-order chi connectivity index (χ0) is 18.0. The summed E-state index contributed by atoms with van der Waals surface area (Å²) >= 11 is 11.8. The summed E-state index contributed by atoms with van der Waals surface area (Å²) in [4.78, 5) is 31.0. The Hall–Kier alpha value is -1.79. The Kier molecular flexibility index (Phi) is 5.49. The van der Waals surface area contributed by atoms with Gasteiger partial charge in [-0.05, 0) is 30.5 Å². The molecular formula is C17H19Cl2N3O3. The van der Waals surface area contributed by atoms with E-state index in [0.717, 1.165) is 18.4 Å². The van der Waals surface area contributed by atoms with E-state index in [1.54, 1.807) is 18.2 Å². The van der Waals surface area contributed by atoms with E-state index in [0.29, 0.717) is 28.7 Å². The predicted octanol–water partition coefficient (Wildman–Crippen LogP) is 2.77. The van der Waals surface area contributed by atoms with Crippen LogP contribution in [0.25, 0.3) is 0 Å². The molecule has 1 heterocycles. The Balaban J connectivity index is 1.59. The average Bonchev–Trinajstić information content (AvgIpc) is 3.26. The number of amides is 2. The van der Waals surface area contributed by atoms with Gasteiger partial charge in [-0.3, -0.25) is 9.59 Å².